The number of hydrogen-bond donors (Lipinski definition) is 0. The number of hydrogen-bond acceptors (Lipinski definition) is 4. The molecule has 0 saturated heterocycles. The van der Waals surface area contributed by atoms with Crippen molar-refractivity contribution >= 4 is 0 Å². The number of benzene rings is 2. The summed E-state index contributed by atoms with van der Waals surface area (Å²) < 4.78 is 22.7. The second-order valence-corrected chi connectivity index (χ2v) is 5.31. The zero-order chi connectivity index (χ0) is 15.7. The van der Waals surface area contributed by atoms with Crippen LogP contribution < -0.4 is 14.2 Å². The van der Waals surface area contributed by atoms with Gasteiger partial charge in [0.2, 0.25) is 0 Å². The molecule has 0 bridgehead atoms. The maximum atomic E-state index is 6.05. The smallest absolute Gasteiger partial charge is 0.128 e. The molecule has 0 fully saturated rings. The van der Waals surface area contributed by atoms with Crippen LogP contribution in [0.15, 0.2) is 30.3 Å². The lowest BCUT2D eigenvalue weighted by Gasteiger charge is -2.20. The molecule has 1 aliphatic rings. The first-order chi connectivity index (χ1) is 10.7. The molecule has 1 unspecified atom stereocenters. The van der Waals surface area contributed by atoms with Crippen molar-refractivity contribution in [2.75, 3.05) is 21.3 Å². The fourth-order valence-corrected chi connectivity index (χ4v) is 3.05. The Hall–Kier alpha value is -2.20. The van der Waals surface area contributed by atoms with Gasteiger partial charge in [-0.15, -0.1) is 0 Å². The molecule has 4 heteroatoms. The van der Waals surface area contributed by atoms with Gasteiger partial charge in [0, 0.05) is 5.56 Å². The Morgan fingerprint density at radius 1 is 0.909 bits per heavy atom. The first kappa shape index (κ1) is 14.7. The minimum atomic E-state index is -0.253. The number of fused-ring (bicyclic) bond motifs is 1. The summed E-state index contributed by atoms with van der Waals surface area (Å²) in [5, 5.41) is 0. The Labute approximate surface area is 130 Å². The van der Waals surface area contributed by atoms with E-state index in [0.717, 1.165) is 39.5 Å². The average molecular weight is 300 g/mol. The minimum absolute atomic E-state index is 0.253. The summed E-state index contributed by atoms with van der Waals surface area (Å²) in [6, 6.07) is 9.91. The summed E-state index contributed by atoms with van der Waals surface area (Å²) in [6.07, 6.45) is -0.253. The van der Waals surface area contributed by atoms with Crippen molar-refractivity contribution in [2.45, 2.75) is 19.6 Å². The molecule has 2 aromatic carbocycles. The summed E-state index contributed by atoms with van der Waals surface area (Å²) in [4.78, 5) is 0. The van der Waals surface area contributed by atoms with Crippen LogP contribution in [0.1, 0.15) is 28.4 Å². The zero-order valence-corrected chi connectivity index (χ0v) is 13.3. The second-order valence-electron chi connectivity index (χ2n) is 5.31. The highest BCUT2D eigenvalue weighted by atomic mass is 16.5. The molecule has 0 saturated carbocycles. The fourth-order valence-electron chi connectivity index (χ4n) is 3.05. The van der Waals surface area contributed by atoms with Gasteiger partial charge in [-0.3, -0.25) is 0 Å². The first-order valence-electron chi connectivity index (χ1n) is 7.19. The third-order valence-electron chi connectivity index (χ3n) is 3.99. The molecular formula is C18H20O4. The first-order valence-corrected chi connectivity index (χ1v) is 7.19. The van der Waals surface area contributed by atoms with Crippen molar-refractivity contribution in [1.29, 1.82) is 0 Å². The molecule has 0 radical (unpaired) electrons. The average Bonchev–Trinajstić information content (AvgIpc) is 2.96. The standard InChI is InChI=1S/C18H20O4/c1-11-8-12-10-22-18(16(12)15(9-11)21-4)17-13(19-2)6-5-7-14(17)20-3/h5-9,18H,10H2,1-4H3. The van der Waals surface area contributed by atoms with Crippen LogP contribution in [0.5, 0.6) is 17.2 Å². The summed E-state index contributed by atoms with van der Waals surface area (Å²) in [5.74, 6) is 2.34. The zero-order valence-electron chi connectivity index (χ0n) is 13.3. The van der Waals surface area contributed by atoms with Gasteiger partial charge in [-0.2, -0.15) is 0 Å². The SMILES string of the molecule is COc1cc(C)cc2c1C(c1c(OC)cccc1OC)OC2. The minimum Gasteiger partial charge on any atom is -0.496 e. The Kier molecular flexibility index (Phi) is 3.94. The topological polar surface area (TPSA) is 36.9 Å². The highest BCUT2D eigenvalue weighted by molar-refractivity contribution is 5.56. The lowest BCUT2D eigenvalue weighted by molar-refractivity contribution is 0.0889. The van der Waals surface area contributed by atoms with Crippen LogP contribution in [0.4, 0.5) is 0 Å². The highest BCUT2D eigenvalue weighted by Gasteiger charge is 2.33. The summed E-state index contributed by atoms with van der Waals surface area (Å²) in [7, 11) is 4.99. The van der Waals surface area contributed by atoms with Gasteiger partial charge in [-0.1, -0.05) is 12.1 Å². The molecular weight excluding hydrogens is 280 g/mol. The number of methoxy groups -OCH3 is 3. The van der Waals surface area contributed by atoms with Crippen molar-refractivity contribution in [3.8, 4) is 17.2 Å². The van der Waals surface area contributed by atoms with Crippen molar-refractivity contribution in [3.05, 3.63) is 52.6 Å². The van der Waals surface area contributed by atoms with E-state index in [0.29, 0.717) is 6.61 Å². The molecule has 1 atom stereocenters. The number of rotatable bonds is 4. The van der Waals surface area contributed by atoms with Crippen LogP contribution in [0.2, 0.25) is 0 Å². The van der Waals surface area contributed by atoms with Crippen LogP contribution in [-0.2, 0) is 11.3 Å². The molecule has 1 aliphatic heterocycles. The Morgan fingerprint density at radius 2 is 1.55 bits per heavy atom. The number of aryl methyl sites for hydroxylation is 1. The lowest BCUT2D eigenvalue weighted by Crippen LogP contribution is -2.06. The van der Waals surface area contributed by atoms with E-state index >= 15 is 0 Å². The molecule has 0 aliphatic carbocycles. The largest absolute Gasteiger partial charge is 0.496 e. The Morgan fingerprint density at radius 3 is 2.14 bits per heavy atom. The molecule has 0 N–H and O–H groups in total. The van der Waals surface area contributed by atoms with Crippen LogP contribution >= 0.6 is 0 Å². The molecule has 116 valence electrons. The lowest BCUT2D eigenvalue weighted by atomic mass is 9.95. The summed E-state index contributed by atoms with van der Waals surface area (Å²) >= 11 is 0. The third-order valence-corrected chi connectivity index (χ3v) is 3.99. The monoisotopic (exact) mass is 300 g/mol. The van der Waals surface area contributed by atoms with E-state index in [1.807, 2.05) is 24.3 Å². The van der Waals surface area contributed by atoms with Crippen LogP contribution in [0, 0.1) is 6.92 Å². The maximum Gasteiger partial charge on any atom is 0.128 e. The van der Waals surface area contributed by atoms with E-state index in [1.165, 1.54) is 0 Å². The summed E-state index contributed by atoms with van der Waals surface area (Å²) in [6.45, 7) is 2.61. The fraction of sp³-hybridized carbons (Fsp3) is 0.333. The van der Waals surface area contributed by atoms with E-state index in [4.69, 9.17) is 18.9 Å². The van der Waals surface area contributed by atoms with Gasteiger partial charge in [0.25, 0.3) is 0 Å². The van der Waals surface area contributed by atoms with Crippen molar-refractivity contribution in [3.63, 3.8) is 0 Å². The van der Waals surface area contributed by atoms with E-state index in [2.05, 4.69) is 13.0 Å². The molecule has 22 heavy (non-hydrogen) atoms. The van der Waals surface area contributed by atoms with Gasteiger partial charge in [-0.25, -0.2) is 0 Å². The maximum absolute atomic E-state index is 6.05. The van der Waals surface area contributed by atoms with Crippen LogP contribution in [-0.4, -0.2) is 21.3 Å². The van der Waals surface area contributed by atoms with E-state index in [1.54, 1.807) is 21.3 Å². The van der Waals surface area contributed by atoms with Crippen molar-refractivity contribution in [2.24, 2.45) is 0 Å². The summed E-state index contributed by atoms with van der Waals surface area (Å²) in [5.41, 5.74) is 4.26. The predicted octanol–water partition coefficient (Wildman–Crippen LogP) is 3.64. The predicted molar refractivity (Wildman–Crippen MR) is 83.9 cm³/mol. The Bertz CT molecular complexity index is 671. The Balaban J connectivity index is 2.19. The van der Waals surface area contributed by atoms with Gasteiger partial charge in [0.1, 0.15) is 23.4 Å². The second kappa shape index (κ2) is 5.89. The van der Waals surface area contributed by atoms with Gasteiger partial charge in [0.05, 0.1) is 33.5 Å². The molecule has 3 rings (SSSR count). The normalized spacial score (nSPS) is 16.3. The number of ether oxygens (including phenoxy) is 4. The quantitative estimate of drug-likeness (QED) is 0.864. The van der Waals surface area contributed by atoms with E-state index in [9.17, 15) is 0 Å². The molecule has 0 spiro atoms. The molecule has 2 aromatic rings. The van der Waals surface area contributed by atoms with E-state index < -0.39 is 0 Å². The van der Waals surface area contributed by atoms with Crippen molar-refractivity contribution in [1.82, 2.24) is 0 Å². The molecule has 0 amide bonds. The van der Waals surface area contributed by atoms with Gasteiger partial charge in [-0.05, 0) is 36.2 Å². The molecule has 0 aromatic heterocycles. The van der Waals surface area contributed by atoms with Crippen molar-refractivity contribution < 1.29 is 18.9 Å². The molecule has 4 nitrogen and oxygen atoms in total. The van der Waals surface area contributed by atoms with Gasteiger partial charge < -0.3 is 18.9 Å². The van der Waals surface area contributed by atoms with Gasteiger partial charge in [0.15, 0.2) is 0 Å². The van der Waals surface area contributed by atoms with Crippen LogP contribution in [0.3, 0.4) is 0 Å². The molecule has 1 heterocycles. The third kappa shape index (κ3) is 2.29. The van der Waals surface area contributed by atoms with Crippen LogP contribution in [0.25, 0.3) is 0 Å². The highest BCUT2D eigenvalue weighted by Crippen LogP contribution is 2.47. The van der Waals surface area contributed by atoms with Gasteiger partial charge >= 0.3 is 0 Å². The van der Waals surface area contributed by atoms with E-state index in [-0.39, 0.29) is 6.10 Å².